The Hall–Kier alpha value is -1.89. The number of aliphatic imine (C=N–C) groups is 1. The highest BCUT2D eigenvalue weighted by atomic mass is 32.1. The standard InChI is InChI=1S/C21H30N4OS/c1-22-21(24(2)9-8-20-7-4-14-27-20)23-16-18-5-3-6-19(15-18)17-25-10-12-26-13-11-25/h3-7,14-15H,8-13,16-17H2,1-2H3,(H,22,23). The average molecular weight is 387 g/mol. The first-order chi connectivity index (χ1) is 13.2. The van der Waals surface area contributed by atoms with Gasteiger partial charge >= 0.3 is 0 Å². The molecule has 1 aromatic heterocycles. The van der Waals surface area contributed by atoms with Crippen molar-refractivity contribution >= 4 is 17.3 Å². The maximum absolute atomic E-state index is 5.44. The van der Waals surface area contributed by atoms with Crippen molar-refractivity contribution in [2.24, 2.45) is 4.99 Å². The van der Waals surface area contributed by atoms with E-state index in [1.807, 2.05) is 18.4 Å². The van der Waals surface area contributed by atoms with Crippen LogP contribution >= 0.6 is 11.3 Å². The summed E-state index contributed by atoms with van der Waals surface area (Å²) in [4.78, 5) is 10.5. The number of rotatable bonds is 7. The lowest BCUT2D eigenvalue weighted by Gasteiger charge is -2.26. The van der Waals surface area contributed by atoms with Gasteiger partial charge in [0.2, 0.25) is 0 Å². The number of morpholine rings is 1. The Kier molecular flexibility index (Phi) is 7.68. The van der Waals surface area contributed by atoms with E-state index in [0.29, 0.717) is 0 Å². The largest absolute Gasteiger partial charge is 0.379 e. The molecule has 1 aliphatic heterocycles. The zero-order valence-corrected chi connectivity index (χ0v) is 17.2. The summed E-state index contributed by atoms with van der Waals surface area (Å²) in [7, 11) is 3.94. The van der Waals surface area contributed by atoms with Crippen LogP contribution in [0, 0.1) is 0 Å². The average Bonchev–Trinajstić information content (AvgIpc) is 3.21. The third-order valence-electron chi connectivity index (χ3n) is 4.80. The number of hydrogen-bond donors (Lipinski definition) is 1. The first kappa shape index (κ1) is 19.9. The second-order valence-corrected chi connectivity index (χ2v) is 7.89. The predicted octanol–water partition coefficient (Wildman–Crippen LogP) is 2.83. The van der Waals surface area contributed by atoms with Crippen LogP contribution in [0.3, 0.4) is 0 Å². The molecule has 2 heterocycles. The van der Waals surface area contributed by atoms with Crippen molar-refractivity contribution in [3.05, 3.63) is 57.8 Å². The van der Waals surface area contributed by atoms with Gasteiger partial charge in [0.05, 0.1) is 13.2 Å². The van der Waals surface area contributed by atoms with Crippen molar-refractivity contribution in [1.29, 1.82) is 0 Å². The number of thiophene rings is 1. The van der Waals surface area contributed by atoms with Gasteiger partial charge in [-0.3, -0.25) is 9.89 Å². The van der Waals surface area contributed by atoms with Crippen LogP contribution in [0.25, 0.3) is 0 Å². The van der Waals surface area contributed by atoms with Crippen LogP contribution in [-0.2, 0) is 24.2 Å². The van der Waals surface area contributed by atoms with Crippen LogP contribution in [0.4, 0.5) is 0 Å². The van der Waals surface area contributed by atoms with Crippen molar-refractivity contribution in [1.82, 2.24) is 15.1 Å². The van der Waals surface area contributed by atoms with Gasteiger partial charge in [0, 0.05) is 51.7 Å². The number of hydrogen-bond acceptors (Lipinski definition) is 4. The fourth-order valence-corrected chi connectivity index (χ4v) is 3.96. The zero-order chi connectivity index (χ0) is 18.9. The topological polar surface area (TPSA) is 40.1 Å². The highest BCUT2D eigenvalue weighted by Crippen LogP contribution is 2.11. The van der Waals surface area contributed by atoms with Crippen molar-refractivity contribution in [3.63, 3.8) is 0 Å². The Balaban J connectivity index is 1.49. The maximum Gasteiger partial charge on any atom is 0.193 e. The van der Waals surface area contributed by atoms with E-state index in [1.165, 1.54) is 16.0 Å². The van der Waals surface area contributed by atoms with E-state index in [-0.39, 0.29) is 0 Å². The molecule has 6 heteroatoms. The van der Waals surface area contributed by atoms with Gasteiger partial charge in [-0.15, -0.1) is 11.3 Å². The molecule has 0 radical (unpaired) electrons. The summed E-state index contributed by atoms with van der Waals surface area (Å²) in [5.74, 6) is 0.935. The Morgan fingerprint density at radius 2 is 2.04 bits per heavy atom. The molecule has 0 spiro atoms. The number of benzene rings is 1. The molecular formula is C21H30N4OS. The van der Waals surface area contributed by atoms with E-state index in [0.717, 1.165) is 58.3 Å². The first-order valence-corrected chi connectivity index (χ1v) is 10.4. The summed E-state index contributed by atoms with van der Waals surface area (Å²) in [6.07, 6.45) is 1.05. The number of guanidine groups is 1. The van der Waals surface area contributed by atoms with Crippen LogP contribution in [0.5, 0.6) is 0 Å². The lowest BCUT2D eigenvalue weighted by atomic mass is 10.1. The number of nitrogens with one attached hydrogen (secondary N) is 1. The second kappa shape index (κ2) is 10.4. The number of likely N-dealkylation sites (N-methyl/N-ethyl adjacent to an activating group) is 1. The predicted molar refractivity (Wildman–Crippen MR) is 113 cm³/mol. The summed E-state index contributed by atoms with van der Waals surface area (Å²) in [6, 6.07) is 13.1. The summed E-state index contributed by atoms with van der Waals surface area (Å²) in [6.45, 7) is 6.45. The normalized spacial score (nSPS) is 15.7. The zero-order valence-electron chi connectivity index (χ0n) is 16.4. The van der Waals surface area contributed by atoms with Gasteiger partial charge in [0.15, 0.2) is 5.96 Å². The van der Waals surface area contributed by atoms with Crippen LogP contribution in [-0.4, -0.2) is 62.7 Å². The smallest absolute Gasteiger partial charge is 0.193 e. The highest BCUT2D eigenvalue weighted by Gasteiger charge is 2.11. The molecule has 27 heavy (non-hydrogen) atoms. The van der Waals surface area contributed by atoms with Crippen molar-refractivity contribution in [3.8, 4) is 0 Å². The molecule has 0 aliphatic carbocycles. The maximum atomic E-state index is 5.44. The Morgan fingerprint density at radius 3 is 2.78 bits per heavy atom. The second-order valence-electron chi connectivity index (χ2n) is 6.86. The van der Waals surface area contributed by atoms with Gasteiger partial charge in [-0.25, -0.2) is 0 Å². The van der Waals surface area contributed by atoms with E-state index in [2.05, 4.69) is 68.9 Å². The molecule has 1 aromatic carbocycles. The third-order valence-corrected chi connectivity index (χ3v) is 5.74. The molecule has 1 aliphatic rings. The Morgan fingerprint density at radius 1 is 1.22 bits per heavy atom. The molecule has 0 atom stereocenters. The van der Waals surface area contributed by atoms with Gasteiger partial charge in [0.1, 0.15) is 0 Å². The minimum atomic E-state index is 0.785. The monoisotopic (exact) mass is 386 g/mol. The molecule has 146 valence electrons. The fraction of sp³-hybridized carbons (Fsp3) is 0.476. The summed E-state index contributed by atoms with van der Waals surface area (Å²) in [5.41, 5.74) is 2.64. The molecule has 0 unspecified atom stereocenters. The van der Waals surface area contributed by atoms with Crippen LogP contribution in [0.1, 0.15) is 16.0 Å². The first-order valence-electron chi connectivity index (χ1n) is 9.56. The van der Waals surface area contributed by atoms with Gasteiger partial charge in [0.25, 0.3) is 0 Å². The Labute approximate surface area is 166 Å². The van der Waals surface area contributed by atoms with E-state index in [9.17, 15) is 0 Å². The van der Waals surface area contributed by atoms with Crippen molar-refractivity contribution in [2.45, 2.75) is 19.5 Å². The van der Waals surface area contributed by atoms with E-state index in [1.54, 1.807) is 0 Å². The molecule has 0 amide bonds. The SMILES string of the molecule is CN=C(NCc1cccc(CN2CCOCC2)c1)N(C)CCc1cccs1. The quantitative estimate of drug-likeness (QED) is 0.587. The molecule has 1 saturated heterocycles. The van der Waals surface area contributed by atoms with Crippen molar-refractivity contribution < 1.29 is 4.74 Å². The van der Waals surface area contributed by atoms with Crippen LogP contribution in [0.2, 0.25) is 0 Å². The van der Waals surface area contributed by atoms with Crippen LogP contribution < -0.4 is 5.32 Å². The molecule has 1 N–H and O–H groups in total. The van der Waals surface area contributed by atoms with Gasteiger partial charge in [-0.1, -0.05) is 30.3 Å². The number of ether oxygens (including phenoxy) is 1. The molecule has 1 fully saturated rings. The minimum absolute atomic E-state index is 0.785. The van der Waals surface area contributed by atoms with E-state index < -0.39 is 0 Å². The molecule has 3 rings (SSSR count). The lowest BCUT2D eigenvalue weighted by molar-refractivity contribution is 0.0342. The number of nitrogens with zero attached hydrogens (tertiary/aromatic N) is 3. The third kappa shape index (κ3) is 6.34. The minimum Gasteiger partial charge on any atom is -0.379 e. The molecule has 5 nitrogen and oxygen atoms in total. The van der Waals surface area contributed by atoms with E-state index in [4.69, 9.17) is 4.74 Å². The van der Waals surface area contributed by atoms with E-state index >= 15 is 0 Å². The van der Waals surface area contributed by atoms with Crippen molar-refractivity contribution in [2.75, 3.05) is 46.9 Å². The van der Waals surface area contributed by atoms with Gasteiger partial charge in [-0.05, 0) is 29.0 Å². The van der Waals surface area contributed by atoms with Crippen LogP contribution in [0.15, 0.2) is 46.8 Å². The molecular weight excluding hydrogens is 356 g/mol. The van der Waals surface area contributed by atoms with Gasteiger partial charge in [-0.2, -0.15) is 0 Å². The summed E-state index contributed by atoms with van der Waals surface area (Å²) in [5, 5.41) is 5.62. The highest BCUT2D eigenvalue weighted by molar-refractivity contribution is 7.09. The molecule has 0 bridgehead atoms. The lowest BCUT2D eigenvalue weighted by Crippen LogP contribution is -2.39. The summed E-state index contributed by atoms with van der Waals surface area (Å²) < 4.78 is 5.44. The molecule has 0 saturated carbocycles. The fourth-order valence-electron chi connectivity index (χ4n) is 3.26. The Bertz CT molecular complexity index is 711. The molecule has 2 aromatic rings. The summed E-state index contributed by atoms with van der Waals surface area (Å²) >= 11 is 1.81. The van der Waals surface area contributed by atoms with Gasteiger partial charge < -0.3 is 15.0 Å².